The van der Waals surface area contributed by atoms with Crippen molar-refractivity contribution in [1.29, 1.82) is 0 Å². The Morgan fingerprint density at radius 1 is 1.00 bits per heavy atom. The summed E-state index contributed by atoms with van der Waals surface area (Å²) in [4.78, 5) is 0. The second kappa shape index (κ2) is 1.97. The minimum Gasteiger partial charge on any atom is -0.369 e. The topological polar surface area (TPSA) is 0 Å². The molecule has 0 aromatic heterocycles. The summed E-state index contributed by atoms with van der Waals surface area (Å²) >= 11 is -5.36. The third-order valence-electron chi connectivity index (χ3n) is 0.247. The van der Waals surface area contributed by atoms with Gasteiger partial charge in [0.2, 0.25) is 0 Å². The molecule has 0 rings (SSSR count). The van der Waals surface area contributed by atoms with E-state index in [1.54, 1.807) is 0 Å². The molecule has 0 nitrogen and oxygen atoms in total. The van der Waals surface area contributed by atoms with Crippen molar-refractivity contribution in [2.24, 2.45) is 0 Å². The van der Waals surface area contributed by atoms with Crippen molar-refractivity contribution < 1.29 is 20.2 Å². The van der Waals surface area contributed by atoms with Crippen LogP contribution in [0.5, 0.6) is 0 Å². The SMILES string of the molecule is [F][Al]([F])[C](F)(F)F. The molecule has 0 atom stereocenters. The van der Waals surface area contributed by atoms with Crippen molar-refractivity contribution in [2.75, 3.05) is 0 Å². The van der Waals surface area contributed by atoms with Crippen LogP contribution in [0.3, 0.4) is 0 Å². The predicted molar refractivity (Wildman–Crippen MR) is 14.0 cm³/mol. The van der Waals surface area contributed by atoms with Gasteiger partial charge in [-0.1, -0.05) is 0 Å². The van der Waals surface area contributed by atoms with E-state index in [0.717, 1.165) is 0 Å². The average Bonchev–Trinajstić information content (AvgIpc) is 1.31. The van der Waals surface area contributed by atoms with Crippen molar-refractivity contribution in [3.63, 3.8) is 0 Å². The summed E-state index contributed by atoms with van der Waals surface area (Å²) in [5, 5.41) is -5.19. The van der Waals surface area contributed by atoms with Crippen molar-refractivity contribution >= 4 is 15.1 Å². The maximum absolute atomic E-state index is 10.6. The number of hydrogen-bond acceptors (Lipinski definition) is 0. The highest BCUT2D eigenvalue weighted by Gasteiger charge is 2.54. The minimum absolute atomic E-state index is 5.19. The Morgan fingerprint density at radius 2 is 1.14 bits per heavy atom. The van der Waals surface area contributed by atoms with Crippen LogP contribution in [0.15, 0.2) is 0 Å². The molecule has 0 saturated carbocycles. The summed E-state index contributed by atoms with van der Waals surface area (Å²) in [6, 6.07) is 0. The molecule has 0 heterocycles. The second-order valence-corrected chi connectivity index (χ2v) is 2.10. The number of hydrogen-bond donors (Lipinski definition) is 0. The van der Waals surface area contributed by atoms with Gasteiger partial charge < -0.3 is 7.05 Å². The van der Waals surface area contributed by atoms with Crippen molar-refractivity contribution in [3.8, 4) is 0 Å². The van der Waals surface area contributed by atoms with Gasteiger partial charge in [0, 0.05) is 0 Å². The Morgan fingerprint density at radius 3 is 1.14 bits per heavy atom. The molecule has 7 heavy (non-hydrogen) atoms. The molecule has 0 aliphatic carbocycles. The third-order valence-corrected chi connectivity index (χ3v) is 0.742. The van der Waals surface area contributed by atoms with Gasteiger partial charge in [0.15, 0.2) is 0 Å². The lowest BCUT2D eigenvalue weighted by Gasteiger charge is -1.95. The Kier molecular flexibility index (Phi) is 2.02. The van der Waals surface area contributed by atoms with Crippen LogP contribution in [0, 0.1) is 0 Å². The van der Waals surface area contributed by atoms with Crippen LogP contribution < -0.4 is 0 Å². The summed E-state index contributed by atoms with van der Waals surface area (Å²) in [5.41, 5.74) is 0. The molecule has 0 spiro atoms. The Balaban J connectivity index is 3.54. The van der Waals surface area contributed by atoms with Gasteiger partial charge >= 0.3 is 20.1 Å². The normalized spacial score (nSPS) is 11.6. The lowest BCUT2D eigenvalue weighted by Crippen LogP contribution is -2.24. The van der Waals surface area contributed by atoms with E-state index in [-0.39, 0.29) is 0 Å². The maximum atomic E-state index is 10.6. The predicted octanol–water partition coefficient (Wildman–Crippen LogP) is 1.52. The summed E-state index contributed by atoms with van der Waals surface area (Å²) < 4.78 is 52.6. The van der Waals surface area contributed by atoms with E-state index in [2.05, 4.69) is 0 Å². The van der Waals surface area contributed by atoms with E-state index >= 15 is 0 Å². The van der Waals surface area contributed by atoms with Gasteiger partial charge in [-0.2, -0.15) is 13.2 Å². The third kappa shape index (κ3) is 2.83. The largest absolute Gasteiger partial charge is 0.892 e. The van der Waals surface area contributed by atoms with Crippen molar-refractivity contribution in [3.05, 3.63) is 0 Å². The fraction of sp³-hybridized carbons (Fsp3) is 1.00. The lowest BCUT2D eigenvalue weighted by atomic mass is 11.5. The highest BCUT2D eigenvalue weighted by atomic mass is 27.3. The molecule has 0 radical (unpaired) electrons. The van der Waals surface area contributed by atoms with Gasteiger partial charge in [-0.15, -0.1) is 0 Å². The fourth-order valence-electron chi connectivity index (χ4n) is 0. The molecule has 0 aromatic rings. The molecule has 0 aliphatic rings. The molecule has 0 saturated heterocycles. The molecule has 0 amide bonds. The van der Waals surface area contributed by atoms with Crippen molar-refractivity contribution in [2.45, 2.75) is 5.04 Å². The van der Waals surface area contributed by atoms with Crippen LogP contribution in [-0.4, -0.2) is 20.1 Å². The van der Waals surface area contributed by atoms with E-state index in [0.29, 0.717) is 0 Å². The van der Waals surface area contributed by atoms with Crippen LogP contribution in [-0.2, 0) is 0 Å². The molecule has 0 bridgehead atoms. The number of halogens is 5. The first-order valence-electron chi connectivity index (χ1n) is 1.29. The van der Waals surface area contributed by atoms with E-state index < -0.39 is 20.1 Å². The smallest absolute Gasteiger partial charge is 0.369 e. The minimum atomic E-state index is -5.36. The van der Waals surface area contributed by atoms with E-state index in [9.17, 15) is 20.2 Å². The van der Waals surface area contributed by atoms with Crippen LogP contribution in [0.1, 0.15) is 0 Å². The molecule has 0 unspecified atom stereocenters. The highest BCUT2D eigenvalue weighted by Crippen LogP contribution is 2.19. The van der Waals surface area contributed by atoms with Crippen molar-refractivity contribution in [1.82, 2.24) is 0 Å². The molecule has 42 valence electrons. The number of rotatable bonds is 0. The molecular weight excluding hydrogens is 134 g/mol. The van der Waals surface area contributed by atoms with E-state index in [4.69, 9.17) is 0 Å². The molecule has 0 aliphatic heterocycles. The Labute approximate surface area is 41.3 Å². The molecule has 0 aromatic carbocycles. The molecule has 6 heteroatoms. The van der Waals surface area contributed by atoms with Crippen LogP contribution in [0.4, 0.5) is 20.2 Å². The zero-order chi connectivity index (χ0) is 6.08. The fourth-order valence-corrected chi connectivity index (χ4v) is 0. The zero-order valence-electron chi connectivity index (χ0n) is 2.97. The second-order valence-electron chi connectivity index (χ2n) is 0.842. The van der Waals surface area contributed by atoms with Gasteiger partial charge in [-0.05, 0) is 0 Å². The Hall–Kier alpha value is 0.182. The molecule has 0 fully saturated rings. The van der Waals surface area contributed by atoms with Crippen LogP contribution in [0.2, 0.25) is 0 Å². The van der Waals surface area contributed by atoms with Gasteiger partial charge in [0.25, 0.3) is 0 Å². The molecular formula is CAlF5. The maximum Gasteiger partial charge on any atom is 0.892 e. The summed E-state index contributed by atoms with van der Waals surface area (Å²) in [5.74, 6) is 0. The monoisotopic (exact) mass is 134 g/mol. The first-order valence-corrected chi connectivity index (χ1v) is 2.74. The first-order chi connectivity index (χ1) is 2.94. The lowest BCUT2D eigenvalue weighted by molar-refractivity contribution is -0.0651. The van der Waals surface area contributed by atoms with Gasteiger partial charge in [0.05, 0.1) is 0 Å². The molecule has 0 N–H and O–H groups in total. The van der Waals surface area contributed by atoms with Crippen LogP contribution >= 0.6 is 0 Å². The summed E-state index contributed by atoms with van der Waals surface area (Å²) in [7, 11) is 0. The van der Waals surface area contributed by atoms with Crippen LogP contribution in [0.25, 0.3) is 0 Å². The highest BCUT2D eigenvalue weighted by molar-refractivity contribution is 6.45. The summed E-state index contributed by atoms with van der Waals surface area (Å²) in [6.45, 7) is 0. The first kappa shape index (κ1) is 7.18. The van der Waals surface area contributed by atoms with Gasteiger partial charge in [0.1, 0.15) is 0 Å². The average molecular weight is 134 g/mol. The standard InChI is InChI=1S/CF3.Al.2FH/c2-1(3)4;;;/h;;2*1H/q;+2;;/p-2. The quantitative estimate of drug-likeness (QED) is 0.348. The van der Waals surface area contributed by atoms with Gasteiger partial charge in [-0.3, -0.25) is 0 Å². The van der Waals surface area contributed by atoms with E-state index in [1.807, 2.05) is 0 Å². The van der Waals surface area contributed by atoms with E-state index in [1.165, 1.54) is 0 Å². The zero-order valence-corrected chi connectivity index (χ0v) is 4.12. The Bertz CT molecular complexity index is 53.6. The summed E-state index contributed by atoms with van der Waals surface area (Å²) in [6.07, 6.45) is 0. The number of alkyl halides is 3. The van der Waals surface area contributed by atoms with Gasteiger partial charge in [-0.25, -0.2) is 0 Å².